The van der Waals surface area contributed by atoms with E-state index >= 15 is 0 Å². The van der Waals surface area contributed by atoms with E-state index in [1.165, 1.54) is 0 Å². The van der Waals surface area contributed by atoms with Crippen LogP contribution in [0.5, 0.6) is 0 Å². The minimum Gasteiger partial charge on any atom is -0.443 e. The van der Waals surface area contributed by atoms with E-state index in [0.29, 0.717) is 12.2 Å². The van der Waals surface area contributed by atoms with Crippen LogP contribution in [-0.4, -0.2) is 16.7 Å². The molecule has 0 atom stereocenters. The molecule has 138 valence electrons. The minimum atomic E-state index is -0.573. The predicted octanol–water partition coefficient (Wildman–Crippen LogP) is 5.69. The Morgan fingerprint density at radius 1 is 0.926 bits per heavy atom. The van der Waals surface area contributed by atoms with Gasteiger partial charge in [0.1, 0.15) is 5.60 Å². The van der Waals surface area contributed by atoms with Gasteiger partial charge in [-0.25, -0.2) is 4.79 Å². The van der Waals surface area contributed by atoms with Gasteiger partial charge in [-0.05, 0) is 38.0 Å². The molecule has 0 aliphatic heterocycles. The third-order valence-corrected chi connectivity index (χ3v) is 3.94. The van der Waals surface area contributed by atoms with Gasteiger partial charge in [0.25, 0.3) is 0 Å². The van der Waals surface area contributed by atoms with Crippen molar-refractivity contribution in [3.8, 4) is 11.1 Å². The third-order valence-electron chi connectivity index (χ3n) is 3.94. The number of benzene rings is 2. The number of nitrogens with zero attached hydrogens (tertiary/aromatic N) is 2. The van der Waals surface area contributed by atoms with Crippen molar-refractivity contribution in [3.05, 3.63) is 84.7 Å². The number of ether oxygens (including phenoxy) is 1. The van der Waals surface area contributed by atoms with Gasteiger partial charge in [-0.1, -0.05) is 60.7 Å². The highest BCUT2D eigenvalue weighted by Crippen LogP contribution is 2.26. The Balaban J connectivity index is 1.96. The lowest BCUT2D eigenvalue weighted by Gasteiger charge is -2.27. The second-order valence-electron chi connectivity index (χ2n) is 7.35. The molecule has 0 radical (unpaired) electrons. The highest BCUT2D eigenvalue weighted by Gasteiger charge is 2.24. The Bertz CT molecular complexity index is 887. The lowest BCUT2D eigenvalue weighted by Crippen LogP contribution is -2.36. The van der Waals surface area contributed by atoms with E-state index in [9.17, 15) is 4.79 Å². The predicted molar refractivity (Wildman–Crippen MR) is 109 cm³/mol. The van der Waals surface area contributed by atoms with Gasteiger partial charge >= 0.3 is 6.09 Å². The quantitative estimate of drug-likeness (QED) is 0.600. The maximum Gasteiger partial charge on any atom is 0.415 e. The molecule has 0 saturated heterocycles. The van der Waals surface area contributed by atoms with E-state index in [1.807, 2.05) is 87.5 Å². The fourth-order valence-electron chi connectivity index (χ4n) is 2.71. The molecule has 4 heteroatoms. The minimum absolute atomic E-state index is 0.390. The summed E-state index contributed by atoms with van der Waals surface area (Å²) in [5, 5.41) is 0. The van der Waals surface area contributed by atoms with Gasteiger partial charge < -0.3 is 4.74 Å². The zero-order chi connectivity index (χ0) is 19.3. The summed E-state index contributed by atoms with van der Waals surface area (Å²) in [4.78, 5) is 18.9. The smallest absolute Gasteiger partial charge is 0.415 e. The summed E-state index contributed by atoms with van der Waals surface area (Å²) in [5.74, 6) is 0. The first-order valence-electron chi connectivity index (χ1n) is 8.97. The maximum atomic E-state index is 12.9. The Hall–Kier alpha value is -3.14. The molecule has 0 N–H and O–H groups in total. The van der Waals surface area contributed by atoms with Crippen LogP contribution in [0.15, 0.2) is 79.1 Å². The molecule has 2 aromatic carbocycles. The first kappa shape index (κ1) is 18.6. The number of hydrogen-bond donors (Lipinski definition) is 0. The number of carbonyl (C=O) groups excluding carboxylic acids is 1. The van der Waals surface area contributed by atoms with Crippen LogP contribution >= 0.6 is 0 Å². The summed E-state index contributed by atoms with van der Waals surface area (Å²) in [5.41, 5.74) is 3.16. The van der Waals surface area contributed by atoms with Crippen LogP contribution in [0.2, 0.25) is 0 Å². The number of hydrogen-bond acceptors (Lipinski definition) is 3. The van der Waals surface area contributed by atoms with Crippen LogP contribution in [0.4, 0.5) is 10.5 Å². The second kappa shape index (κ2) is 8.04. The van der Waals surface area contributed by atoms with Gasteiger partial charge in [-0.3, -0.25) is 9.88 Å². The first-order valence-corrected chi connectivity index (χ1v) is 8.97. The fraction of sp³-hybridized carbons (Fsp3) is 0.217. The maximum absolute atomic E-state index is 12.9. The lowest BCUT2D eigenvalue weighted by molar-refractivity contribution is 0.0577. The topological polar surface area (TPSA) is 42.4 Å². The molecule has 1 aromatic heterocycles. The van der Waals surface area contributed by atoms with Crippen LogP contribution in [0.1, 0.15) is 26.3 Å². The standard InChI is InChI=1S/C23H24N2O2/c1-23(2,3)27-22(26)25(17-18-10-6-4-7-11-18)21-14-20(15-24-16-21)19-12-8-5-9-13-19/h4-16H,17H2,1-3H3. The van der Waals surface area contributed by atoms with Crippen molar-refractivity contribution in [3.63, 3.8) is 0 Å². The summed E-state index contributed by atoms with van der Waals surface area (Å²) >= 11 is 0. The average molecular weight is 360 g/mol. The summed E-state index contributed by atoms with van der Waals surface area (Å²) in [6.07, 6.45) is 3.10. The molecule has 0 fully saturated rings. The molecule has 1 heterocycles. The van der Waals surface area contributed by atoms with E-state index in [4.69, 9.17) is 4.74 Å². The summed E-state index contributed by atoms with van der Waals surface area (Å²) in [7, 11) is 0. The molecule has 27 heavy (non-hydrogen) atoms. The van der Waals surface area contributed by atoms with Crippen molar-refractivity contribution >= 4 is 11.8 Å². The molecule has 1 amide bonds. The van der Waals surface area contributed by atoms with Crippen molar-refractivity contribution < 1.29 is 9.53 Å². The monoisotopic (exact) mass is 360 g/mol. The van der Waals surface area contributed by atoms with Crippen LogP contribution in [0.25, 0.3) is 11.1 Å². The number of aromatic nitrogens is 1. The second-order valence-corrected chi connectivity index (χ2v) is 7.35. The first-order chi connectivity index (χ1) is 12.9. The van der Waals surface area contributed by atoms with Crippen molar-refractivity contribution in [2.24, 2.45) is 0 Å². The summed E-state index contributed by atoms with van der Waals surface area (Å²) < 4.78 is 5.63. The number of anilines is 1. The molecular formula is C23H24N2O2. The number of carbonyl (C=O) groups is 1. The number of pyridine rings is 1. The van der Waals surface area contributed by atoms with E-state index in [2.05, 4.69) is 4.98 Å². The molecule has 3 aromatic rings. The lowest BCUT2D eigenvalue weighted by atomic mass is 10.1. The number of rotatable bonds is 4. The van der Waals surface area contributed by atoms with E-state index in [1.54, 1.807) is 17.3 Å². The zero-order valence-corrected chi connectivity index (χ0v) is 15.9. The number of amides is 1. The van der Waals surface area contributed by atoms with Gasteiger partial charge in [0, 0.05) is 11.8 Å². The van der Waals surface area contributed by atoms with Crippen LogP contribution < -0.4 is 4.90 Å². The van der Waals surface area contributed by atoms with Crippen LogP contribution in [-0.2, 0) is 11.3 Å². The van der Waals surface area contributed by atoms with Gasteiger partial charge in [0.2, 0.25) is 0 Å². The Kier molecular flexibility index (Phi) is 5.55. The molecule has 0 unspecified atom stereocenters. The van der Waals surface area contributed by atoms with Crippen molar-refractivity contribution in [2.75, 3.05) is 4.90 Å². The Labute approximate surface area is 160 Å². The highest BCUT2D eigenvalue weighted by molar-refractivity contribution is 5.88. The van der Waals surface area contributed by atoms with E-state index in [0.717, 1.165) is 16.7 Å². The fourth-order valence-corrected chi connectivity index (χ4v) is 2.71. The van der Waals surface area contributed by atoms with Crippen molar-refractivity contribution in [1.82, 2.24) is 4.98 Å². The third kappa shape index (κ3) is 5.17. The molecular weight excluding hydrogens is 336 g/mol. The van der Waals surface area contributed by atoms with Crippen molar-refractivity contribution in [1.29, 1.82) is 0 Å². The highest BCUT2D eigenvalue weighted by atomic mass is 16.6. The molecule has 4 nitrogen and oxygen atoms in total. The molecule has 0 spiro atoms. The normalized spacial score (nSPS) is 11.1. The Morgan fingerprint density at radius 2 is 1.56 bits per heavy atom. The summed E-state index contributed by atoms with van der Waals surface area (Å²) in [6.45, 7) is 6.01. The molecule has 3 rings (SSSR count). The van der Waals surface area contributed by atoms with Crippen LogP contribution in [0.3, 0.4) is 0 Å². The average Bonchev–Trinajstić information content (AvgIpc) is 2.66. The molecule has 0 aliphatic rings. The van der Waals surface area contributed by atoms with Gasteiger partial charge in [0.05, 0.1) is 18.4 Å². The van der Waals surface area contributed by atoms with E-state index in [-0.39, 0.29) is 0 Å². The Morgan fingerprint density at radius 3 is 2.19 bits per heavy atom. The van der Waals surface area contributed by atoms with Gasteiger partial charge in [-0.15, -0.1) is 0 Å². The molecule has 0 bridgehead atoms. The van der Waals surface area contributed by atoms with Gasteiger partial charge in [0.15, 0.2) is 0 Å². The molecule has 0 saturated carbocycles. The summed E-state index contributed by atoms with van der Waals surface area (Å²) in [6, 6.07) is 21.8. The van der Waals surface area contributed by atoms with Gasteiger partial charge in [-0.2, -0.15) is 0 Å². The van der Waals surface area contributed by atoms with Crippen LogP contribution in [0, 0.1) is 0 Å². The molecule has 0 aliphatic carbocycles. The van der Waals surface area contributed by atoms with Crippen molar-refractivity contribution in [2.45, 2.75) is 32.9 Å². The zero-order valence-electron chi connectivity index (χ0n) is 15.9. The SMILES string of the molecule is CC(C)(C)OC(=O)N(Cc1ccccc1)c1cncc(-c2ccccc2)c1. The largest absolute Gasteiger partial charge is 0.443 e. The van der Waals surface area contributed by atoms with E-state index < -0.39 is 11.7 Å².